The van der Waals surface area contributed by atoms with Crippen LogP contribution in [0, 0.1) is 6.92 Å². The first kappa shape index (κ1) is 12.6. The fraction of sp³-hybridized carbons (Fsp3) is 0.182. The molecule has 0 saturated carbocycles. The Morgan fingerprint density at radius 2 is 2.24 bits per heavy atom. The van der Waals surface area contributed by atoms with Gasteiger partial charge in [-0.3, -0.25) is 4.79 Å². The molecule has 0 radical (unpaired) electrons. The van der Waals surface area contributed by atoms with Crippen molar-refractivity contribution in [1.29, 1.82) is 0 Å². The minimum atomic E-state index is -0.479. The molecule has 0 aromatic heterocycles. The number of anilines is 1. The molecule has 0 aliphatic carbocycles. The lowest BCUT2D eigenvalue weighted by Crippen LogP contribution is -2.19. The molecule has 6 heteroatoms. The minimum Gasteiger partial charge on any atom is -0.365 e. The molecule has 1 amide bonds. The second-order valence-electron chi connectivity index (χ2n) is 3.58. The molecule has 1 aliphatic rings. The fourth-order valence-corrected chi connectivity index (χ4v) is 3.16. The van der Waals surface area contributed by atoms with Crippen molar-refractivity contribution in [3.05, 3.63) is 39.9 Å². The third-order valence-electron chi connectivity index (χ3n) is 2.39. The highest BCUT2D eigenvalue weighted by molar-refractivity contribution is 8.06. The highest BCUT2D eigenvalue weighted by Crippen LogP contribution is 2.42. The quantitative estimate of drug-likeness (QED) is 0.672. The van der Waals surface area contributed by atoms with E-state index in [1.165, 1.54) is 11.8 Å². The Hall–Kier alpha value is -0.840. The lowest BCUT2D eigenvalue weighted by molar-refractivity contribution is -0.113. The van der Waals surface area contributed by atoms with Crippen molar-refractivity contribution < 1.29 is 4.79 Å². The standard InChI is InChI=1S/C11H10Cl2N2OS/c1-6-3-2-4-7(12)9(6)15-5-8(10(14)16)17-11(15)13/h2-5,11H,1H3,(H2,14,16). The molecule has 0 bridgehead atoms. The Morgan fingerprint density at radius 3 is 2.76 bits per heavy atom. The van der Waals surface area contributed by atoms with E-state index < -0.39 is 10.7 Å². The summed E-state index contributed by atoms with van der Waals surface area (Å²) in [6, 6.07) is 5.59. The number of primary amides is 1. The molecule has 90 valence electrons. The van der Waals surface area contributed by atoms with Crippen LogP contribution in [0.2, 0.25) is 5.02 Å². The molecule has 0 fully saturated rings. The van der Waals surface area contributed by atoms with E-state index in [0.29, 0.717) is 9.93 Å². The van der Waals surface area contributed by atoms with Crippen LogP contribution in [0.1, 0.15) is 5.56 Å². The molecule has 1 aromatic carbocycles. The van der Waals surface area contributed by atoms with Gasteiger partial charge in [-0.2, -0.15) is 0 Å². The number of amides is 1. The highest BCUT2D eigenvalue weighted by Gasteiger charge is 2.29. The van der Waals surface area contributed by atoms with Gasteiger partial charge < -0.3 is 10.6 Å². The molecule has 3 nitrogen and oxygen atoms in total. The molecule has 2 rings (SSSR count). The summed E-state index contributed by atoms with van der Waals surface area (Å²) in [5.74, 6) is -0.479. The molecule has 1 atom stereocenters. The van der Waals surface area contributed by atoms with Crippen LogP contribution in [0.25, 0.3) is 0 Å². The molecule has 1 heterocycles. The van der Waals surface area contributed by atoms with Gasteiger partial charge in [0.2, 0.25) is 0 Å². The Morgan fingerprint density at radius 1 is 1.53 bits per heavy atom. The van der Waals surface area contributed by atoms with Gasteiger partial charge in [-0.05, 0) is 18.6 Å². The van der Waals surface area contributed by atoms with Gasteiger partial charge in [0.15, 0.2) is 4.83 Å². The summed E-state index contributed by atoms with van der Waals surface area (Å²) in [6.07, 6.45) is 1.64. The van der Waals surface area contributed by atoms with Gasteiger partial charge in [0.1, 0.15) is 0 Å². The highest BCUT2D eigenvalue weighted by atomic mass is 35.5. The summed E-state index contributed by atoms with van der Waals surface area (Å²) in [5.41, 5.74) is 7.03. The molecule has 1 aliphatic heterocycles. The molecular weight excluding hydrogens is 279 g/mol. The maximum absolute atomic E-state index is 11.1. The van der Waals surface area contributed by atoms with Crippen LogP contribution in [-0.2, 0) is 4.79 Å². The Kier molecular flexibility index (Phi) is 3.56. The number of nitrogens with two attached hydrogens (primary N) is 1. The van der Waals surface area contributed by atoms with Gasteiger partial charge >= 0.3 is 0 Å². The van der Waals surface area contributed by atoms with Crippen molar-refractivity contribution in [3.63, 3.8) is 0 Å². The van der Waals surface area contributed by atoms with Crippen molar-refractivity contribution in [1.82, 2.24) is 0 Å². The largest absolute Gasteiger partial charge is 0.365 e. The molecule has 2 N–H and O–H groups in total. The molecule has 0 saturated heterocycles. The number of rotatable bonds is 2. The second kappa shape index (κ2) is 4.80. The number of halogens is 2. The molecule has 1 aromatic rings. The fourth-order valence-electron chi connectivity index (χ4n) is 1.61. The average molecular weight is 289 g/mol. The van der Waals surface area contributed by atoms with E-state index in [9.17, 15) is 4.79 Å². The topological polar surface area (TPSA) is 46.3 Å². The van der Waals surface area contributed by atoms with Gasteiger partial charge in [0, 0.05) is 6.20 Å². The van der Waals surface area contributed by atoms with E-state index in [1.54, 1.807) is 17.2 Å². The zero-order valence-electron chi connectivity index (χ0n) is 8.98. The average Bonchev–Trinajstić information content (AvgIpc) is 2.61. The van der Waals surface area contributed by atoms with E-state index in [2.05, 4.69) is 0 Å². The predicted molar refractivity (Wildman–Crippen MR) is 73.2 cm³/mol. The summed E-state index contributed by atoms with van der Waals surface area (Å²) < 4.78 is 0. The van der Waals surface area contributed by atoms with Crippen LogP contribution >= 0.6 is 35.0 Å². The van der Waals surface area contributed by atoms with Crippen molar-refractivity contribution >= 4 is 46.6 Å². The number of nitrogens with zero attached hydrogens (tertiary/aromatic N) is 1. The van der Waals surface area contributed by atoms with Crippen LogP contribution in [-0.4, -0.2) is 10.7 Å². The lowest BCUT2D eigenvalue weighted by Gasteiger charge is -2.22. The van der Waals surface area contributed by atoms with Crippen LogP contribution in [0.15, 0.2) is 29.3 Å². The maximum atomic E-state index is 11.1. The normalized spacial score (nSPS) is 19.4. The van der Waals surface area contributed by atoms with Gasteiger partial charge in [-0.1, -0.05) is 47.1 Å². The van der Waals surface area contributed by atoms with Crippen molar-refractivity contribution in [2.24, 2.45) is 5.73 Å². The number of benzene rings is 1. The first-order valence-corrected chi connectivity index (χ1v) is 6.56. The molecule has 17 heavy (non-hydrogen) atoms. The summed E-state index contributed by atoms with van der Waals surface area (Å²) in [6.45, 7) is 1.94. The summed E-state index contributed by atoms with van der Waals surface area (Å²) in [7, 11) is 0. The number of carbonyl (C=O) groups excluding carboxylic acids is 1. The van der Waals surface area contributed by atoms with E-state index in [0.717, 1.165) is 11.3 Å². The maximum Gasteiger partial charge on any atom is 0.256 e. The van der Waals surface area contributed by atoms with E-state index in [4.69, 9.17) is 28.9 Å². The molecule has 1 unspecified atom stereocenters. The van der Waals surface area contributed by atoms with Crippen molar-refractivity contribution in [3.8, 4) is 0 Å². The number of aryl methyl sites for hydroxylation is 1. The van der Waals surface area contributed by atoms with E-state index in [1.807, 2.05) is 19.1 Å². The third kappa shape index (κ3) is 2.39. The van der Waals surface area contributed by atoms with E-state index in [-0.39, 0.29) is 0 Å². The third-order valence-corrected chi connectivity index (χ3v) is 4.15. The van der Waals surface area contributed by atoms with Crippen molar-refractivity contribution in [2.75, 3.05) is 4.90 Å². The van der Waals surface area contributed by atoms with Gasteiger partial charge in [-0.15, -0.1) is 0 Å². The molecule has 0 spiro atoms. The van der Waals surface area contributed by atoms with Crippen LogP contribution < -0.4 is 10.6 Å². The minimum absolute atomic E-state index is 0.406. The summed E-state index contributed by atoms with van der Waals surface area (Å²) >= 11 is 13.5. The predicted octanol–water partition coefficient (Wildman–Crippen LogP) is 3.05. The summed E-state index contributed by atoms with van der Waals surface area (Å²) in [4.78, 5) is 12.9. The van der Waals surface area contributed by atoms with E-state index >= 15 is 0 Å². The Balaban J connectivity index is 2.44. The van der Waals surface area contributed by atoms with Gasteiger partial charge in [0.25, 0.3) is 5.91 Å². The van der Waals surface area contributed by atoms with Crippen LogP contribution in [0.4, 0.5) is 5.69 Å². The lowest BCUT2D eigenvalue weighted by atomic mass is 10.2. The zero-order valence-corrected chi connectivity index (χ0v) is 11.3. The van der Waals surface area contributed by atoms with Crippen LogP contribution in [0.3, 0.4) is 0 Å². The zero-order chi connectivity index (χ0) is 12.6. The number of hydrogen-bond acceptors (Lipinski definition) is 3. The smallest absolute Gasteiger partial charge is 0.256 e. The SMILES string of the molecule is Cc1cccc(Cl)c1N1C=C(C(N)=O)SC1Cl. The van der Waals surface area contributed by atoms with Gasteiger partial charge in [-0.25, -0.2) is 0 Å². The Labute approximate surface area is 114 Å². The Bertz CT molecular complexity index is 484. The first-order valence-electron chi connectivity index (χ1n) is 4.86. The molecular formula is C11H10Cl2N2OS. The second-order valence-corrected chi connectivity index (χ2v) is 5.78. The number of alkyl halides is 1. The van der Waals surface area contributed by atoms with Crippen LogP contribution in [0.5, 0.6) is 0 Å². The van der Waals surface area contributed by atoms with Gasteiger partial charge in [0.05, 0.1) is 15.6 Å². The monoisotopic (exact) mass is 288 g/mol. The number of hydrogen-bond donors (Lipinski definition) is 1. The number of carbonyl (C=O) groups is 1. The van der Waals surface area contributed by atoms with Crippen molar-refractivity contribution in [2.45, 2.75) is 11.8 Å². The number of para-hydroxylation sites is 1. The number of thioether (sulfide) groups is 1. The first-order chi connectivity index (χ1) is 8.00. The summed E-state index contributed by atoms with van der Waals surface area (Å²) in [5, 5.41) is 0.596.